The van der Waals surface area contributed by atoms with Gasteiger partial charge in [-0.05, 0) is 36.6 Å². The number of anilines is 1. The Kier molecular flexibility index (Phi) is 3.99. The number of halogens is 1. The summed E-state index contributed by atoms with van der Waals surface area (Å²) in [5.41, 5.74) is 2.13. The van der Waals surface area contributed by atoms with Gasteiger partial charge >= 0.3 is 0 Å². The molecule has 0 unspecified atom stereocenters. The fourth-order valence-corrected chi connectivity index (χ4v) is 4.60. The lowest BCUT2D eigenvalue weighted by Gasteiger charge is -2.42. The van der Waals surface area contributed by atoms with Crippen LogP contribution in [0.4, 0.5) is 5.88 Å². The Bertz CT molecular complexity index is 1160. The lowest BCUT2D eigenvalue weighted by Crippen LogP contribution is -2.47. The first-order chi connectivity index (χ1) is 13.6. The zero-order valence-electron chi connectivity index (χ0n) is 15.0. The first-order valence-electron chi connectivity index (χ1n) is 9.24. The lowest BCUT2D eigenvalue weighted by atomic mass is 9.83. The van der Waals surface area contributed by atoms with Gasteiger partial charge in [-0.25, -0.2) is 0 Å². The van der Waals surface area contributed by atoms with Gasteiger partial charge in [-0.1, -0.05) is 23.7 Å². The maximum absolute atomic E-state index is 12.2. The van der Waals surface area contributed by atoms with Crippen LogP contribution in [0.2, 0.25) is 5.02 Å². The minimum Gasteiger partial charge on any atom is -0.419 e. The summed E-state index contributed by atoms with van der Waals surface area (Å²) >= 11 is 6.08. The molecule has 5 rings (SSSR count). The Hall–Kier alpha value is -3.04. The van der Waals surface area contributed by atoms with E-state index in [4.69, 9.17) is 16.0 Å². The molecule has 0 N–H and O–H groups in total. The largest absolute Gasteiger partial charge is 0.419 e. The van der Waals surface area contributed by atoms with E-state index in [2.05, 4.69) is 16.0 Å². The van der Waals surface area contributed by atoms with E-state index in [0.29, 0.717) is 35.8 Å². The van der Waals surface area contributed by atoms with Crippen LogP contribution in [-0.4, -0.2) is 22.6 Å². The molecular weight excluding hydrogens is 376 g/mol. The fourth-order valence-electron chi connectivity index (χ4n) is 4.41. The number of fused-ring (bicyclic) bond motifs is 4. The Morgan fingerprint density at radius 2 is 2.04 bits per heavy atom. The van der Waals surface area contributed by atoms with Crippen molar-refractivity contribution in [1.29, 1.82) is 5.26 Å². The molecule has 2 bridgehead atoms. The van der Waals surface area contributed by atoms with Crippen LogP contribution in [0.3, 0.4) is 0 Å². The molecule has 4 heterocycles. The third-order valence-corrected chi connectivity index (χ3v) is 5.79. The fraction of sp³-hybridized carbons (Fsp3) is 0.286. The van der Waals surface area contributed by atoms with Crippen molar-refractivity contribution < 1.29 is 4.42 Å². The highest BCUT2D eigenvalue weighted by Gasteiger charge is 2.36. The molecule has 1 aromatic carbocycles. The number of hydrogen-bond donors (Lipinski definition) is 0. The van der Waals surface area contributed by atoms with Crippen molar-refractivity contribution in [2.75, 3.05) is 18.0 Å². The SMILES string of the molecule is N#Cc1nc(-c2cccc(Cl)c2)oc1N1C[C@@H]2C[C@H](C1)c1cccc(=O)n1C2. The molecule has 7 heteroatoms. The minimum absolute atomic E-state index is 0.0567. The Morgan fingerprint density at radius 1 is 1.18 bits per heavy atom. The van der Waals surface area contributed by atoms with Gasteiger partial charge in [0.25, 0.3) is 5.56 Å². The summed E-state index contributed by atoms with van der Waals surface area (Å²) in [4.78, 5) is 18.7. The maximum atomic E-state index is 12.2. The highest BCUT2D eigenvalue weighted by atomic mass is 35.5. The van der Waals surface area contributed by atoms with Gasteiger partial charge in [-0.2, -0.15) is 10.2 Å². The van der Waals surface area contributed by atoms with Crippen molar-refractivity contribution in [3.8, 4) is 17.5 Å². The van der Waals surface area contributed by atoms with E-state index in [-0.39, 0.29) is 17.2 Å². The van der Waals surface area contributed by atoms with E-state index < -0.39 is 0 Å². The van der Waals surface area contributed by atoms with E-state index in [0.717, 1.165) is 24.2 Å². The summed E-state index contributed by atoms with van der Waals surface area (Å²) in [6.07, 6.45) is 1.04. The Labute approximate surface area is 166 Å². The number of piperidine rings is 1. The molecule has 0 aliphatic carbocycles. The molecule has 2 aliphatic heterocycles. The van der Waals surface area contributed by atoms with Crippen molar-refractivity contribution in [2.24, 2.45) is 5.92 Å². The lowest BCUT2D eigenvalue weighted by molar-refractivity contribution is 0.275. The molecule has 0 saturated carbocycles. The smallest absolute Gasteiger partial charge is 0.250 e. The topological polar surface area (TPSA) is 75.1 Å². The van der Waals surface area contributed by atoms with Gasteiger partial charge in [0.15, 0.2) is 0 Å². The zero-order chi connectivity index (χ0) is 19.3. The predicted molar refractivity (Wildman–Crippen MR) is 105 cm³/mol. The normalized spacial score (nSPS) is 20.5. The number of nitrogens with zero attached hydrogens (tertiary/aromatic N) is 4. The van der Waals surface area contributed by atoms with Crippen LogP contribution >= 0.6 is 11.6 Å². The van der Waals surface area contributed by atoms with Crippen LogP contribution in [0, 0.1) is 17.2 Å². The second-order valence-electron chi connectivity index (χ2n) is 7.40. The molecule has 2 aliphatic rings. The van der Waals surface area contributed by atoms with E-state index in [1.165, 1.54) is 0 Å². The molecule has 0 amide bonds. The third kappa shape index (κ3) is 2.79. The van der Waals surface area contributed by atoms with E-state index in [1.807, 2.05) is 28.8 Å². The van der Waals surface area contributed by atoms with Crippen molar-refractivity contribution >= 4 is 17.5 Å². The molecule has 1 saturated heterocycles. The van der Waals surface area contributed by atoms with Gasteiger partial charge in [0.2, 0.25) is 17.5 Å². The summed E-state index contributed by atoms with van der Waals surface area (Å²) in [6, 6.07) is 14.9. The predicted octanol–water partition coefficient (Wildman–Crippen LogP) is 3.65. The van der Waals surface area contributed by atoms with E-state index in [1.54, 1.807) is 18.2 Å². The van der Waals surface area contributed by atoms with Gasteiger partial charge in [0.05, 0.1) is 0 Å². The first kappa shape index (κ1) is 17.1. The summed E-state index contributed by atoms with van der Waals surface area (Å²) in [7, 11) is 0. The van der Waals surface area contributed by atoms with Crippen molar-refractivity contribution in [3.05, 3.63) is 69.2 Å². The molecule has 28 heavy (non-hydrogen) atoms. The van der Waals surface area contributed by atoms with Crippen LogP contribution < -0.4 is 10.5 Å². The molecule has 2 atom stereocenters. The van der Waals surface area contributed by atoms with E-state index in [9.17, 15) is 10.1 Å². The van der Waals surface area contributed by atoms with Crippen molar-refractivity contribution in [2.45, 2.75) is 18.9 Å². The second-order valence-corrected chi connectivity index (χ2v) is 7.83. The maximum Gasteiger partial charge on any atom is 0.250 e. The van der Waals surface area contributed by atoms with Crippen LogP contribution in [0.5, 0.6) is 0 Å². The number of benzene rings is 1. The third-order valence-electron chi connectivity index (χ3n) is 5.55. The minimum atomic E-state index is 0.0567. The van der Waals surface area contributed by atoms with Gasteiger partial charge < -0.3 is 13.9 Å². The highest BCUT2D eigenvalue weighted by Crippen LogP contribution is 2.39. The van der Waals surface area contributed by atoms with Gasteiger partial charge in [-0.3, -0.25) is 4.79 Å². The number of pyridine rings is 1. The second kappa shape index (κ2) is 6.54. The molecular formula is C21H17ClN4O2. The van der Waals surface area contributed by atoms with Crippen molar-refractivity contribution in [1.82, 2.24) is 9.55 Å². The molecule has 140 valence electrons. The average molecular weight is 393 g/mol. The molecule has 0 spiro atoms. The number of hydrogen-bond acceptors (Lipinski definition) is 5. The Balaban J connectivity index is 1.51. The zero-order valence-corrected chi connectivity index (χ0v) is 15.8. The molecule has 0 radical (unpaired) electrons. The molecule has 1 fully saturated rings. The molecule has 6 nitrogen and oxygen atoms in total. The number of nitriles is 1. The highest BCUT2D eigenvalue weighted by molar-refractivity contribution is 6.30. The summed E-state index contributed by atoms with van der Waals surface area (Å²) in [5, 5.41) is 10.2. The van der Waals surface area contributed by atoms with Gasteiger partial charge in [0.1, 0.15) is 6.07 Å². The number of rotatable bonds is 2. The van der Waals surface area contributed by atoms with Crippen molar-refractivity contribution in [3.63, 3.8) is 0 Å². The number of oxazole rings is 1. The van der Waals surface area contributed by atoms with Crippen LogP contribution in [-0.2, 0) is 6.54 Å². The quantitative estimate of drug-likeness (QED) is 0.665. The van der Waals surface area contributed by atoms with E-state index >= 15 is 0 Å². The summed E-state index contributed by atoms with van der Waals surface area (Å²) in [6.45, 7) is 2.12. The molecule has 3 aromatic rings. The molecule has 2 aromatic heterocycles. The number of aromatic nitrogens is 2. The monoisotopic (exact) mass is 392 g/mol. The first-order valence-corrected chi connectivity index (χ1v) is 9.61. The summed E-state index contributed by atoms with van der Waals surface area (Å²) < 4.78 is 7.92. The average Bonchev–Trinajstić information content (AvgIpc) is 3.13. The van der Waals surface area contributed by atoms with Crippen LogP contribution in [0.1, 0.15) is 23.7 Å². The van der Waals surface area contributed by atoms with Crippen LogP contribution in [0.25, 0.3) is 11.5 Å². The Morgan fingerprint density at radius 3 is 2.86 bits per heavy atom. The summed E-state index contributed by atoms with van der Waals surface area (Å²) in [5.74, 6) is 1.45. The van der Waals surface area contributed by atoms with Gasteiger partial charge in [0, 0.05) is 47.9 Å². The van der Waals surface area contributed by atoms with Gasteiger partial charge in [-0.15, -0.1) is 0 Å². The van der Waals surface area contributed by atoms with Crippen LogP contribution in [0.15, 0.2) is 51.7 Å². The standard InChI is InChI=1S/C21H17ClN4O2/c22-16-4-1-3-14(8-16)20-24-17(9-23)21(28-20)25-10-13-7-15(12-25)18-5-2-6-19(27)26(18)11-13/h1-6,8,13,15H,7,10-12H2/t13-,15+/m0/s1.